The third-order valence-corrected chi connectivity index (χ3v) is 4.69. The normalized spacial score (nSPS) is 50.0. The fourth-order valence-corrected chi connectivity index (χ4v) is 3.30. The van der Waals surface area contributed by atoms with E-state index in [0.29, 0.717) is 13.0 Å². The summed E-state index contributed by atoms with van der Waals surface area (Å²) in [5.74, 6) is 0. The number of ether oxygens (including phenoxy) is 3. The summed E-state index contributed by atoms with van der Waals surface area (Å²) in [7, 11) is 0. The molecule has 2 aliphatic rings. The van der Waals surface area contributed by atoms with E-state index in [2.05, 4.69) is 0 Å². The number of rotatable bonds is 5. The van der Waals surface area contributed by atoms with E-state index >= 15 is 0 Å². The lowest BCUT2D eigenvalue weighted by atomic mass is 9.84. The van der Waals surface area contributed by atoms with E-state index in [-0.39, 0.29) is 6.54 Å². The monoisotopic (exact) mass is 350 g/mol. The molecule has 0 bridgehead atoms. The molecule has 1 heterocycles. The highest BCUT2D eigenvalue weighted by molar-refractivity contribution is 5.00. The van der Waals surface area contributed by atoms with Crippen molar-refractivity contribution in [2.75, 3.05) is 13.2 Å². The van der Waals surface area contributed by atoms with Crippen molar-refractivity contribution in [3.8, 4) is 0 Å². The maximum absolute atomic E-state index is 10.5. The van der Waals surface area contributed by atoms with Gasteiger partial charge in [0.2, 0.25) is 0 Å². The second-order valence-corrected chi connectivity index (χ2v) is 6.41. The van der Waals surface area contributed by atoms with E-state index in [1.54, 1.807) is 6.92 Å². The van der Waals surface area contributed by atoms with E-state index in [1.165, 1.54) is 0 Å². The molecule has 10 heteroatoms. The molecule has 10 nitrogen and oxygen atoms in total. The molecule has 11 N–H and O–H groups in total. The molecule has 0 aromatic heterocycles. The van der Waals surface area contributed by atoms with Gasteiger partial charge in [-0.2, -0.15) is 0 Å². The van der Waals surface area contributed by atoms with Gasteiger partial charge in [0.15, 0.2) is 6.29 Å². The van der Waals surface area contributed by atoms with Gasteiger partial charge in [0, 0.05) is 25.2 Å². The number of nitrogens with two attached hydrogens (primary N) is 4. The largest absolute Gasteiger partial charge is 0.388 e. The maximum atomic E-state index is 10.5. The van der Waals surface area contributed by atoms with Crippen molar-refractivity contribution in [2.24, 2.45) is 22.9 Å². The number of hydrogen-bond acceptors (Lipinski definition) is 10. The Labute approximate surface area is 141 Å². The van der Waals surface area contributed by atoms with Crippen LogP contribution in [0.25, 0.3) is 0 Å². The van der Waals surface area contributed by atoms with Crippen LogP contribution in [0.1, 0.15) is 13.3 Å². The van der Waals surface area contributed by atoms with Gasteiger partial charge >= 0.3 is 0 Å². The Bertz CT molecular complexity index is 403. The minimum atomic E-state index is -1.26. The van der Waals surface area contributed by atoms with Crippen molar-refractivity contribution in [2.45, 2.75) is 74.4 Å². The van der Waals surface area contributed by atoms with E-state index in [1.807, 2.05) is 0 Å². The lowest BCUT2D eigenvalue weighted by molar-refractivity contribution is -0.289. The second-order valence-electron chi connectivity index (χ2n) is 6.41. The molecule has 1 aliphatic heterocycles. The molecule has 2 fully saturated rings. The topological polar surface area (TPSA) is 192 Å². The Kier molecular flexibility index (Phi) is 6.90. The highest BCUT2D eigenvalue weighted by atomic mass is 16.7. The van der Waals surface area contributed by atoms with Crippen molar-refractivity contribution < 1.29 is 29.5 Å². The summed E-state index contributed by atoms with van der Waals surface area (Å²) in [5.41, 5.74) is 23.5. The maximum Gasteiger partial charge on any atom is 0.176 e. The third-order valence-electron chi connectivity index (χ3n) is 4.69. The summed E-state index contributed by atoms with van der Waals surface area (Å²) < 4.78 is 16.8. The molecule has 1 aliphatic carbocycles. The zero-order chi connectivity index (χ0) is 18.0. The molecule has 1 saturated heterocycles. The quantitative estimate of drug-likeness (QED) is 0.256. The first-order valence-electron chi connectivity index (χ1n) is 8.25. The van der Waals surface area contributed by atoms with Crippen LogP contribution in [0.4, 0.5) is 0 Å². The molecule has 10 atom stereocenters. The fraction of sp³-hybridized carbons (Fsp3) is 1.00. The molecule has 0 radical (unpaired) electrons. The standard InChI is InChI=1S/C14H30N4O6/c1-2-22-12-5(16)3-6(17)13(11(12)21)24-14-8(18)10(20)9(19)7(4-15)23-14/h5-14,19-21H,2-4,15-18H2,1H3. The van der Waals surface area contributed by atoms with Gasteiger partial charge in [-0.1, -0.05) is 0 Å². The zero-order valence-electron chi connectivity index (χ0n) is 13.8. The Morgan fingerprint density at radius 2 is 1.62 bits per heavy atom. The molecule has 0 amide bonds. The molecule has 2 rings (SSSR count). The molecule has 24 heavy (non-hydrogen) atoms. The Balaban J connectivity index is 2.09. The van der Waals surface area contributed by atoms with Crippen LogP contribution in [0.3, 0.4) is 0 Å². The first-order valence-corrected chi connectivity index (χ1v) is 8.25. The molecular weight excluding hydrogens is 320 g/mol. The summed E-state index contributed by atoms with van der Waals surface area (Å²) in [5, 5.41) is 30.4. The lowest BCUT2D eigenvalue weighted by Gasteiger charge is -2.46. The number of aliphatic hydroxyl groups is 3. The molecular formula is C14H30N4O6. The predicted molar refractivity (Wildman–Crippen MR) is 84.6 cm³/mol. The summed E-state index contributed by atoms with van der Waals surface area (Å²) in [6.45, 7) is 2.17. The number of hydrogen-bond donors (Lipinski definition) is 7. The Morgan fingerprint density at radius 1 is 1.00 bits per heavy atom. The van der Waals surface area contributed by atoms with Gasteiger partial charge < -0.3 is 52.5 Å². The van der Waals surface area contributed by atoms with Gasteiger partial charge in [-0.25, -0.2) is 0 Å². The summed E-state index contributed by atoms with van der Waals surface area (Å²) in [4.78, 5) is 0. The fourth-order valence-electron chi connectivity index (χ4n) is 3.30. The Morgan fingerprint density at radius 3 is 2.21 bits per heavy atom. The van der Waals surface area contributed by atoms with E-state index < -0.39 is 61.0 Å². The van der Waals surface area contributed by atoms with Crippen LogP contribution in [-0.2, 0) is 14.2 Å². The van der Waals surface area contributed by atoms with E-state index in [9.17, 15) is 15.3 Å². The van der Waals surface area contributed by atoms with Crippen molar-refractivity contribution >= 4 is 0 Å². The molecule has 1 saturated carbocycles. The van der Waals surface area contributed by atoms with Crippen molar-refractivity contribution in [3.63, 3.8) is 0 Å². The van der Waals surface area contributed by atoms with Gasteiger partial charge in [-0.05, 0) is 13.3 Å². The first kappa shape index (κ1) is 19.9. The van der Waals surface area contributed by atoms with Gasteiger partial charge in [-0.3, -0.25) is 0 Å². The smallest absolute Gasteiger partial charge is 0.176 e. The second kappa shape index (κ2) is 8.32. The molecule has 0 aromatic carbocycles. The SMILES string of the molecule is CCOC1C(N)CC(N)C(OC2OC(CN)C(O)C(O)C2N)C1O. The van der Waals surface area contributed by atoms with E-state index in [0.717, 1.165) is 0 Å². The van der Waals surface area contributed by atoms with Crippen LogP contribution < -0.4 is 22.9 Å². The highest BCUT2D eigenvalue weighted by Crippen LogP contribution is 2.28. The van der Waals surface area contributed by atoms with Crippen molar-refractivity contribution in [1.29, 1.82) is 0 Å². The van der Waals surface area contributed by atoms with Crippen LogP contribution in [0.2, 0.25) is 0 Å². The summed E-state index contributed by atoms with van der Waals surface area (Å²) >= 11 is 0. The third kappa shape index (κ3) is 3.88. The minimum absolute atomic E-state index is 0.0173. The minimum Gasteiger partial charge on any atom is -0.388 e. The molecule has 0 aromatic rings. The van der Waals surface area contributed by atoms with E-state index in [4.69, 9.17) is 37.1 Å². The Hall–Kier alpha value is -0.400. The van der Waals surface area contributed by atoms with Crippen LogP contribution in [0.15, 0.2) is 0 Å². The van der Waals surface area contributed by atoms with Gasteiger partial charge in [0.25, 0.3) is 0 Å². The molecule has 142 valence electrons. The highest BCUT2D eigenvalue weighted by Gasteiger charge is 2.48. The first-order chi connectivity index (χ1) is 11.3. The van der Waals surface area contributed by atoms with Crippen LogP contribution in [0.5, 0.6) is 0 Å². The van der Waals surface area contributed by atoms with Crippen LogP contribution in [-0.4, -0.2) is 89.5 Å². The lowest BCUT2D eigenvalue weighted by Crippen LogP contribution is -2.67. The van der Waals surface area contributed by atoms with Crippen molar-refractivity contribution in [3.05, 3.63) is 0 Å². The van der Waals surface area contributed by atoms with Gasteiger partial charge in [0.05, 0.1) is 6.04 Å². The average molecular weight is 350 g/mol. The van der Waals surface area contributed by atoms with Crippen molar-refractivity contribution in [1.82, 2.24) is 0 Å². The predicted octanol–water partition coefficient (Wildman–Crippen LogP) is -4.07. The van der Waals surface area contributed by atoms with Gasteiger partial charge in [0.1, 0.15) is 36.6 Å². The number of aliphatic hydroxyl groups excluding tert-OH is 3. The van der Waals surface area contributed by atoms with Crippen LogP contribution in [0, 0.1) is 0 Å². The molecule has 0 spiro atoms. The molecule has 10 unspecified atom stereocenters. The zero-order valence-corrected chi connectivity index (χ0v) is 13.8. The van der Waals surface area contributed by atoms with Crippen LogP contribution >= 0.6 is 0 Å². The average Bonchev–Trinajstić information content (AvgIpc) is 2.55. The summed E-state index contributed by atoms with van der Waals surface area (Å²) in [6.07, 6.45) is -6.51. The van der Waals surface area contributed by atoms with Gasteiger partial charge in [-0.15, -0.1) is 0 Å². The summed E-state index contributed by atoms with van der Waals surface area (Å²) in [6, 6.07) is -1.98.